The normalized spacial score (nSPS) is 28.5. The summed E-state index contributed by atoms with van der Waals surface area (Å²) in [5.74, 6) is 0.274. The van der Waals surface area contributed by atoms with Crippen LogP contribution in [0.5, 0.6) is 5.75 Å². The molecule has 1 aromatic rings. The molecule has 0 spiro atoms. The quantitative estimate of drug-likeness (QED) is 0.540. The molecular weight excluding hydrogens is 290 g/mol. The summed E-state index contributed by atoms with van der Waals surface area (Å²) < 4.78 is 5.09. The number of piperidine rings is 1. The van der Waals surface area contributed by atoms with Crippen LogP contribution >= 0.6 is 0 Å². The molecule has 122 valence electrons. The van der Waals surface area contributed by atoms with Crippen LogP contribution in [0.4, 0.5) is 0 Å². The molecular formula is C15H21NO6. The lowest BCUT2D eigenvalue weighted by Crippen LogP contribution is -2.64. The number of rotatable bonds is 4. The molecule has 4 atom stereocenters. The van der Waals surface area contributed by atoms with Crippen molar-refractivity contribution in [2.24, 2.45) is 0 Å². The van der Waals surface area contributed by atoms with Gasteiger partial charge in [-0.2, -0.15) is 0 Å². The number of hydrogen-bond acceptors (Lipinski definition) is 6. The second-order valence-corrected chi connectivity index (χ2v) is 5.37. The van der Waals surface area contributed by atoms with Crippen molar-refractivity contribution in [3.63, 3.8) is 0 Å². The molecule has 1 saturated heterocycles. The van der Waals surface area contributed by atoms with Gasteiger partial charge in [-0.25, -0.2) is 0 Å². The monoisotopic (exact) mass is 311 g/mol. The van der Waals surface area contributed by atoms with Crippen LogP contribution in [0, 0.1) is 0 Å². The average Bonchev–Trinajstić information content (AvgIpc) is 2.52. The number of β-amino-alcohol motifs (C(OH)–C–C–N with tert-alkyl or cyclic N) is 1. The Morgan fingerprint density at radius 1 is 1.32 bits per heavy atom. The van der Waals surface area contributed by atoms with Crippen molar-refractivity contribution in [1.29, 1.82) is 0 Å². The number of ether oxygens (including phenoxy) is 1. The van der Waals surface area contributed by atoms with E-state index >= 15 is 0 Å². The fourth-order valence-electron chi connectivity index (χ4n) is 2.64. The third-order valence-electron chi connectivity index (χ3n) is 3.92. The maximum atomic E-state index is 12.4. The Kier molecular flexibility index (Phi) is 5.36. The predicted molar refractivity (Wildman–Crippen MR) is 77.3 cm³/mol. The van der Waals surface area contributed by atoms with E-state index in [0.717, 1.165) is 5.56 Å². The lowest BCUT2D eigenvalue weighted by Gasteiger charge is -2.43. The lowest BCUT2D eigenvalue weighted by molar-refractivity contribution is -0.165. The Hall–Kier alpha value is -1.67. The van der Waals surface area contributed by atoms with Crippen LogP contribution < -0.4 is 4.74 Å². The minimum atomic E-state index is -1.39. The van der Waals surface area contributed by atoms with Gasteiger partial charge in [0, 0.05) is 6.54 Å². The third kappa shape index (κ3) is 3.38. The van der Waals surface area contributed by atoms with E-state index in [1.54, 1.807) is 24.3 Å². The molecule has 1 aliphatic rings. The van der Waals surface area contributed by atoms with Crippen molar-refractivity contribution in [2.75, 3.05) is 20.3 Å². The summed E-state index contributed by atoms with van der Waals surface area (Å²) in [5.41, 5.74) is 0.719. The van der Waals surface area contributed by atoms with Gasteiger partial charge < -0.3 is 30.1 Å². The topological polar surface area (TPSA) is 110 Å². The van der Waals surface area contributed by atoms with Gasteiger partial charge in [0.05, 0.1) is 26.2 Å². The van der Waals surface area contributed by atoms with Crippen LogP contribution in [0.1, 0.15) is 5.56 Å². The fraction of sp³-hybridized carbons (Fsp3) is 0.533. The molecule has 4 N–H and O–H groups in total. The number of benzene rings is 1. The number of aliphatic hydroxyl groups excluding tert-OH is 4. The van der Waals surface area contributed by atoms with Crippen molar-refractivity contribution in [1.82, 2.24) is 4.90 Å². The van der Waals surface area contributed by atoms with E-state index in [4.69, 9.17) is 4.74 Å². The van der Waals surface area contributed by atoms with Crippen LogP contribution in [0.2, 0.25) is 0 Å². The third-order valence-corrected chi connectivity index (χ3v) is 3.92. The zero-order chi connectivity index (χ0) is 16.3. The summed E-state index contributed by atoms with van der Waals surface area (Å²) >= 11 is 0. The summed E-state index contributed by atoms with van der Waals surface area (Å²) in [6.45, 7) is -0.624. The van der Waals surface area contributed by atoms with Gasteiger partial charge in [-0.3, -0.25) is 4.79 Å². The molecule has 7 heteroatoms. The van der Waals surface area contributed by atoms with Gasteiger partial charge in [0.1, 0.15) is 24.1 Å². The second kappa shape index (κ2) is 7.06. The Balaban J connectivity index is 2.13. The van der Waals surface area contributed by atoms with Crippen molar-refractivity contribution in [2.45, 2.75) is 30.8 Å². The zero-order valence-corrected chi connectivity index (χ0v) is 12.3. The van der Waals surface area contributed by atoms with E-state index in [-0.39, 0.29) is 18.9 Å². The van der Waals surface area contributed by atoms with Crippen LogP contribution in [0.25, 0.3) is 0 Å². The standard InChI is InChI=1S/C15H21NO6/c1-22-10-4-2-3-9(5-10)6-13(19)16-7-12(18)15(21)14(20)11(16)8-17/h2-5,11-12,14-15,17-18,20-21H,6-8H2,1H3/t11-,12+,14-,15-/m1/s1. The Bertz CT molecular complexity index is 523. The largest absolute Gasteiger partial charge is 0.497 e. The number of nitrogens with zero attached hydrogens (tertiary/aromatic N) is 1. The maximum absolute atomic E-state index is 12.4. The lowest BCUT2D eigenvalue weighted by atomic mass is 9.93. The molecule has 1 aliphatic heterocycles. The first-order chi connectivity index (χ1) is 10.5. The number of carbonyl (C=O) groups is 1. The molecule has 0 bridgehead atoms. The number of hydrogen-bond donors (Lipinski definition) is 4. The van der Waals surface area contributed by atoms with E-state index in [2.05, 4.69) is 0 Å². The van der Waals surface area contributed by atoms with Gasteiger partial charge >= 0.3 is 0 Å². The zero-order valence-electron chi connectivity index (χ0n) is 12.3. The molecule has 0 unspecified atom stereocenters. The number of likely N-dealkylation sites (tertiary alicyclic amines) is 1. The summed E-state index contributed by atoms with van der Waals surface area (Å²) in [6.07, 6.45) is -3.96. The summed E-state index contributed by atoms with van der Waals surface area (Å²) in [5, 5.41) is 38.6. The molecule has 7 nitrogen and oxygen atoms in total. The predicted octanol–water partition coefficient (Wildman–Crippen LogP) is -1.48. The van der Waals surface area contributed by atoms with Gasteiger partial charge in [-0.05, 0) is 17.7 Å². The molecule has 1 aromatic carbocycles. The molecule has 1 fully saturated rings. The molecule has 0 aliphatic carbocycles. The SMILES string of the molecule is COc1cccc(CC(=O)N2C[C@H](O)[C@@H](O)[C@H](O)[C@H]2CO)c1. The second-order valence-electron chi connectivity index (χ2n) is 5.37. The first-order valence-corrected chi connectivity index (χ1v) is 7.05. The van der Waals surface area contributed by atoms with Crippen molar-refractivity contribution >= 4 is 5.91 Å². The summed E-state index contributed by atoms with van der Waals surface area (Å²) in [7, 11) is 1.53. The maximum Gasteiger partial charge on any atom is 0.227 e. The van der Waals surface area contributed by atoms with Crippen LogP contribution in [0.3, 0.4) is 0 Å². The summed E-state index contributed by atoms with van der Waals surface area (Å²) in [4.78, 5) is 13.6. The number of aliphatic hydroxyl groups is 4. The fourth-order valence-corrected chi connectivity index (χ4v) is 2.64. The Labute approximate surface area is 128 Å². The minimum absolute atomic E-state index is 0.0449. The number of amides is 1. The molecule has 22 heavy (non-hydrogen) atoms. The van der Waals surface area contributed by atoms with Crippen LogP contribution in [-0.4, -0.2) is 75.8 Å². The Morgan fingerprint density at radius 3 is 2.68 bits per heavy atom. The van der Waals surface area contributed by atoms with E-state index in [1.165, 1.54) is 12.0 Å². The van der Waals surface area contributed by atoms with E-state index in [0.29, 0.717) is 5.75 Å². The van der Waals surface area contributed by atoms with E-state index in [1.807, 2.05) is 0 Å². The smallest absolute Gasteiger partial charge is 0.227 e. The number of methoxy groups -OCH3 is 1. The molecule has 2 rings (SSSR count). The molecule has 1 heterocycles. The number of carbonyl (C=O) groups excluding carboxylic acids is 1. The van der Waals surface area contributed by atoms with E-state index < -0.39 is 31.0 Å². The van der Waals surface area contributed by atoms with Crippen LogP contribution in [-0.2, 0) is 11.2 Å². The minimum Gasteiger partial charge on any atom is -0.497 e. The first-order valence-electron chi connectivity index (χ1n) is 7.05. The van der Waals surface area contributed by atoms with E-state index in [9.17, 15) is 25.2 Å². The van der Waals surface area contributed by atoms with Crippen LogP contribution in [0.15, 0.2) is 24.3 Å². The van der Waals surface area contributed by atoms with Gasteiger partial charge in [0.2, 0.25) is 5.91 Å². The molecule has 1 amide bonds. The van der Waals surface area contributed by atoms with Gasteiger partial charge in [0.25, 0.3) is 0 Å². The summed E-state index contributed by atoms with van der Waals surface area (Å²) in [6, 6.07) is 6.07. The highest BCUT2D eigenvalue weighted by Gasteiger charge is 2.42. The highest BCUT2D eigenvalue weighted by Crippen LogP contribution is 2.21. The van der Waals surface area contributed by atoms with Gasteiger partial charge in [0.15, 0.2) is 0 Å². The van der Waals surface area contributed by atoms with Gasteiger partial charge in [-0.15, -0.1) is 0 Å². The van der Waals surface area contributed by atoms with Crippen molar-refractivity contribution in [3.8, 4) is 5.75 Å². The Morgan fingerprint density at radius 2 is 2.05 bits per heavy atom. The van der Waals surface area contributed by atoms with Crippen molar-refractivity contribution in [3.05, 3.63) is 29.8 Å². The molecule has 0 radical (unpaired) electrons. The highest BCUT2D eigenvalue weighted by atomic mass is 16.5. The van der Waals surface area contributed by atoms with Crippen molar-refractivity contribution < 1.29 is 30.0 Å². The van der Waals surface area contributed by atoms with Gasteiger partial charge in [-0.1, -0.05) is 12.1 Å². The molecule has 0 aromatic heterocycles. The molecule has 0 saturated carbocycles. The first kappa shape index (κ1) is 16.7. The average molecular weight is 311 g/mol. The highest BCUT2D eigenvalue weighted by molar-refractivity contribution is 5.79.